The Balaban J connectivity index is 1.48. The van der Waals surface area contributed by atoms with Crippen LogP contribution in [0.1, 0.15) is 34.8 Å². The van der Waals surface area contributed by atoms with Crippen molar-refractivity contribution >= 4 is 50.9 Å². The normalized spacial score (nSPS) is 17.5. The van der Waals surface area contributed by atoms with Crippen molar-refractivity contribution in [1.82, 2.24) is 10.9 Å². The van der Waals surface area contributed by atoms with E-state index in [1.807, 2.05) is 78.9 Å². The number of ether oxygens (including phenoxy) is 2. The first kappa shape index (κ1) is 32.0. The molecule has 228 valence electrons. The number of carbonyl (C=O) groups is 1. The summed E-state index contributed by atoms with van der Waals surface area (Å²) < 4.78 is 13.2. The highest BCUT2D eigenvalue weighted by atomic mass is 79.9. The van der Waals surface area contributed by atoms with Gasteiger partial charge in [0.15, 0.2) is 11.6 Å². The summed E-state index contributed by atoms with van der Waals surface area (Å²) in [4.78, 5) is 19.3. The van der Waals surface area contributed by atoms with E-state index in [0.29, 0.717) is 58.8 Å². The number of rotatable bonds is 13. The van der Waals surface area contributed by atoms with E-state index in [-0.39, 0.29) is 18.9 Å². The summed E-state index contributed by atoms with van der Waals surface area (Å²) in [6.45, 7) is 0.970. The highest BCUT2D eigenvalue weighted by Gasteiger charge is 2.54. The van der Waals surface area contributed by atoms with Crippen molar-refractivity contribution in [3.63, 3.8) is 0 Å². The molecule has 10 heteroatoms. The number of carbonyl (C=O) groups excluding carboxylic acids is 1. The van der Waals surface area contributed by atoms with Gasteiger partial charge in [0.05, 0.1) is 6.61 Å². The molecule has 0 aliphatic carbocycles. The van der Waals surface area contributed by atoms with Crippen molar-refractivity contribution in [2.45, 2.75) is 30.9 Å². The van der Waals surface area contributed by atoms with Crippen LogP contribution in [0.2, 0.25) is 10.0 Å². The second-order valence-corrected chi connectivity index (χ2v) is 12.1. The molecule has 2 atom stereocenters. The minimum Gasteiger partial charge on any atom is -0.494 e. The lowest BCUT2D eigenvalue weighted by molar-refractivity contribution is -0.130. The van der Waals surface area contributed by atoms with Gasteiger partial charge in [-0.2, -0.15) is 0 Å². The number of aliphatic hydroxyl groups is 1. The minimum absolute atomic E-state index is 0.0576. The summed E-state index contributed by atoms with van der Waals surface area (Å²) in [5.41, 5.74) is 7.92. The molecule has 0 saturated heterocycles. The van der Waals surface area contributed by atoms with Gasteiger partial charge in [-0.1, -0.05) is 87.7 Å². The van der Waals surface area contributed by atoms with Crippen molar-refractivity contribution in [1.29, 1.82) is 0 Å². The third kappa shape index (κ3) is 7.81. The third-order valence-electron chi connectivity index (χ3n) is 7.25. The van der Waals surface area contributed by atoms with Crippen molar-refractivity contribution in [2.24, 2.45) is 4.99 Å². The SMILES string of the molecule is O=C(NNCCc1ccc(Br)cc1)[C@@]1(Cc2ccccc2)N=C(c2ccc(OCCCO)cc2)O[C@H]1c1ccc(Cl)cc1Cl. The van der Waals surface area contributed by atoms with Gasteiger partial charge in [0, 0.05) is 51.6 Å². The number of aliphatic hydroxyl groups excluding tert-OH is 1. The molecule has 7 nitrogen and oxygen atoms in total. The molecule has 1 heterocycles. The lowest BCUT2D eigenvalue weighted by atomic mass is 9.82. The van der Waals surface area contributed by atoms with Crippen LogP contribution in [-0.4, -0.2) is 42.2 Å². The highest BCUT2D eigenvalue weighted by molar-refractivity contribution is 9.10. The Morgan fingerprint density at radius 3 is 2.43 bits per heavy atom. The molecule has 0 spiro atoms. The van der Waals surface area contributed by atoms with E-state index in [1.165, 1.54) is 0 Å². The van der Waals surface area contributed by atoms with Gasteiger partial charge in [-0.05, 0) is 66.1 Å². The predicted molar refractivity (Wildman–Crippen MR) is 177 cm³/mol. The van der Waals surface area contributed by atoms with Crippen molar-refractivity contribution in [2.75, 3.05) is 19.8 Å². The predicted octanol–water partition coefficient (Wildman–Crippen LogP) is 6.88. The number of amides is 1. The second kappa shape index (κ2) is 15.1. The van der Waals surface area contributed by atoms with E-state index in [2.05, 4.69) is 26.8 Å². The molecule has 4 aromatic carbocycles. The standard InChI is InChI=1S/C34H32BrCl2N3O4/c35-26-11-7-23(8-12-26)17-18-38-40-33(42)34(22-24-5-2-1-3-6-24)31(29-16-13-27(36)21-30(29)37)44-32(39-34)25-9-14-28(15-10-25)43-20-4-19-41/h1-3,5-16,21,31,38,41H,4,17-20,22H2,(H,40,42)/t31-,34-/m0/s1. The molecular weight excluding hydrogens is 665 g/mol. The van der Waals surface area contributed by atoms with Crippen LogP contribution < -0.4 is 15.6 Å². The number of nitrogens with one attached hydrogen (secondary N) is 2. The Kier molecular flexibility index (Phi) is 11.0. The number of hydrogen-bond acceptors (Lipinski definition) is 6. The smallest absolute Gasteiger partial charge is 0.266 e. The molecular formula is C34H32BrCl2N3O4. The summed E-state index contributed by atoms with van der Waals surface area (Å²) >= 11 is 16.4. The van der Waals surface area contributed by atoms with Gasteiger partial charge in [-0.15, -0.1) is 0 Å². The van der Waals surface area contributed by atoms with Crippen LogP contribution in [0.4, 0.5) is 0 Å². The molecule has 4 aromatic rings. The Hall–Kier alpha value is -3.40. The zero-order valence-electron chi connectivity index (χ0n) is 23.8. The molecule has 0 bridgehead atoms. The second-order valence-electron chi connectivity index (χ2n) is 10.4. The van der Waals surface area contributed by atoms with E-state index < -0.39 is 11.6 Å². The minimum atomic E-state index is -1.41. The maximum atomic E-state index is 14.3. The number of benzene rings is 4. The van der Waals surface area contributed by atoms with Crippen molar-refractivity contribution in [3.05, 3.63) is 134 Å². The maximum absolute atomic E-state index is 14.3. The Morgan fingerprint density at radius 1 is 0.977 bits per heavy atom. The van der Waals surface area contributed by atoms with Crippen LogP contribution in [-0.2, 0) is 22.4 Å². The Bertz CT molecular complexity index is 1590. The average molecular weight is 697 g/mol. The van der Waals surface area contributed by atoms with Gasteiger partial charge in [0.2, 0.25) is 5.90 Å². The molecule has 0 fully saturated rings. The van der Waals surface area contributed by atoms with Gasteiger partial charge >= 0.3 is 0 Å². The van der Waals surface area contributed by atoms with E-state index >= 15 is 0 Å². The topological polar surface area (TPSA) is 92.2 Å². The van der Waals surface area contributed by atoms with Crippen LogP contribution in [0.15, 0.2) is 107 Å². The molecule has 5 rings (SSSR count). The van der Waals surface area contributed by atoms with Crippen molar-refractivity contribution in [3.8, 4) is 5.75 Å². The zero-order valence-corrected chi connectivity index (χ0v) is 26.9. The first-order valence-electron chi connectivity index (χ1n) is 14.3. The van der Waals surface area contributed by atoms with Crippen LogP contribution >= 0.6 is 39.1 Å². The number of hydrogen-bond donors (Lipinski definition) is 3. The van der Waals surface area contributed by atoms with Gasteiger partial charge < -0.3 is 14.6 Å². The molecule has 0 radical (unpaired) electrons. The van der Waals surface area contributed by atoms with Crippen LogP contribution in [0.3, 0.4) is 0 Å². The van der Waals surface area contributed by atoms with Gasteiger partial charge in [0.25, 0.3) is 5.91 Å². The van der Waals surface area contributed by atoms with E-state index in [0.717, 1.165) is 15.6 Å². The largest absolute Gasteiger partial charge is 0.494 e. The summed E-state index contributed by atoms with van der Waals surface area (Å²) in [5.74, 6) is 0.609. The molecule has 0 saturated carbocycles. The lowest BCUT2D eigenvalue weighted by Gasteiger charge is -2.31. The molecule has 0 unspecified atom stereocenters. The maximum Gasteiger partial charge on any atom is 0.266 e. The molecule has 0 aromatic heterocycles. The Labute approximate surface area is 275 Å². The van der Waals surface area contributed by atoms with Gasteiger partial charge in [0.1, 0.15) is 5.75 Å². The first-order valence-corrected chi connectivity index (χ1v) is 15.8. The zero-order chi connectivity index (χ0) is 30.9. The molecule has 44 heavy (non-hydrogen) atoms. The van der Waals surface area contributed by atoms with E-state index in [9.17, 15) is 4.79 Å². The van der Waals surface area contributed by atoms with Crippen molar-refractivity contribution < 1.29 is 19.4 Å². The quantitative estimate of drug-likeness (QED) is 0.105. The molecule has 1 aliphatic rings. The number of halogens is 3. The van der Waals surface area contributed by atoms with E-state index in [4.69, 9.17) is 42.8 Å². The fourth-order valence-corrected chi connectivity index (χ4v) is 5.76. The fourth-order valence-electron chi connectivity index (χ4n) is 4.99. The fraction of sp³-hybridized carbons (Fsp3) is 0.235. The van der Waals surface area contributed by atoms with E-state index in [1.54, 1.807) is 18.2 Å². The average Bonchev–Trinajstić information content (AvgIpc) is 3.41. The van der Waals surface area contributed by atoms with Gasteiger partial charge in [-0.3, -0.25) is 10.2 Å². The number of nitrogens with zero attached hydrogens (tertiary/aromatic N) is 1. The number of aliphatic imine (C=N–C) groups is 1. The summed E-state index contributed by atoms with van der Waals surface area (Å²) in [5, 5.41) is 9.90. The lowest BCUT2D eigenvalue weighted by Crippen LogP contribution is -2.54. The molecule has 1 aliphatic heterocycles. The third-order valence-corrected chi connectivity index (χ3v) is 8.34. The summed E-state index contributed by atoms with van der Waals surface area (Å²) in [7, 11) is 0. The van der Waals surface area contributed by atoms with Crippen LogP contribution in [0.25, 0.3) is 0 Å². The molecule has 3 N–H and O–H groups in total. The monoisotopic (exact) mass is 695 g/mol. The van der Waals surface area contributed by atoms with Gasteiger partial charge in [-0.25, -0.2) is 10.4 Å². The summed E-state index contributed by atoms with van der Waals surface area (Å²) in [6.07, 6.45) is 0.652. The summed E-state index contributed by atoms with van der Waals surface area (Å²) in [6, 6.07) is 30.2. The number of hydrazine groups is 1. The Morgan fingerprint density at radius 2 is 1.73 bits per heavy atom. The van der Waals surface area contributed by atoms with Crippen LogP contribution in [0.5, 0.6) is 5.75 Å². The van der Waals surface area contributed by atoms with Crippen LogP contribution in [0, 0.1) is 0 Å². The first-order chi connectivity index (χ1) is 21.4. The molecule has 1 amide bonds. The highest BCUT2D eigenvalue weighted by Crippen LogP contribution is 2.45.